The second kappa shape index (κ2) is 3.30. The molecule has 1 aliphatic carbocycles. The van der Waals surface area contributed by atoms with Gasteiger partial charge < -0.3 is 4.57 Å². The molecule has 0 aliphatic heterocycles. The average Bonchev–Trinajstić information content (AvgIpc) is 2.23. The lowest BCUT2D eigenvalue weighted by Crippen LogP contribution is -2.26. The number of nitrogens with zero attached hydrogens (tertiary/aromatic N) is 2. The van der Waals surface area contributed by atoms with E-state index >= 15 is 0 Å². The number of hydrogen-bond acceptors (Lipinski definition) is 2. The van der Waals surface area contributed by atoms with Gasteiger partial charge >= 0.3 is 0 Å². The summed E-state index contributed by atoms with van der Waals surface area (Å²) in [6.45, 7) is 0. The van der Waals surface area contributed by atoms with Crippen LogP contribution >= 0.6 is 0 Å². The molecule has 3 nitrogen and oxygen atoms in total. The summed E-state index contributed by atoms with van der Waals surface area (Å²) in [5, 5.41) is 16.6. The minimum absolute atomic E-state index is 0.341. The maximum atomic E-state index is 8.86. The molecule has 0 aromatic carbocycles. The summed E-state index contributed by atoms with van der Waals surface area (Å²) in [6.07, 6.45) is 4.50. The molecule has 0 bridgehead atoms. The van der Waals surface area contributed by atoms with E-state index in [1.54, 1.807) is 0 Å². The predicted molar refractivity (Wildman–Crippen MR) is 52.6 cm³/mol. The normalized spacial score (nSPS) is 14.6. The number of rotatable bonds is 0. The van der Waals surface area contributed by atoms with Gasteiger partial charge in [0, 0.05) is 12.7 Å². The molecule has 0 spiro atoms. The van der Waals surface area contributed by atoms with Gasteiger partial charge in [-0.1, -0.05) is 0 Å². The van der Waals surface area contributed by atoms with Crippen molar-refractivity contribution in [3.05, 3.63) is 28.4 Å². The number of hydrogen-bond donors (Lipinski definition) is 1. The van der Waals surface area contributed by atoms with Crippen LogP contribution in [0, 0.1) is 16.7 Å². The summed E-state index contributed by atoms with van der Waals surface area (Å²) in [5.74, 6) is 0. The summed E-state index contributed by atoms with van der Waals surface area (Å²) in [7, 11) is 1.88. The first-order valence-electron chi connectivity index (χ1n) is 4.90. The predicted octanol–water partition coefficient (Wildman–Crippen LogP) is 1.26. The molecule has 14 heavy (non-hydrogen) atoms. The smallest absolute Gasteiger partial charge is 0.142 e. The average molecular weight is 187 g/mol. The Labute approximate surface area is 83.1 Å². The molecule has 72 valence electrons. The number of aryl methyl sites for hydroxylation is 1. The van der Waals surface area contributed by atoms with Crippen molar-refractivity contribution >= 4 is 0 Å². The molecule has 1 aliphatic rings. The van der Waals surface area contributed by atoms with E-state index in [9.17, 15) is 0 Å². The SMILES string of the molecule is Cn1c2c(cc(C#N)c1=N)CCCC2. The van der Waals surface area contributed by atoms with Gasteiger partial charge in [0.05, 0.1) is 5.56 Å². The molecule has 0 unspecified atom stereocenters. The molecule has 1 heterocycles. The molecule has 1 N–H and O–H groups in total. The molecule has 0 saturated carbocycles. The Kier molecular flexibility index (Phi) is 2.12. The molecule has 0 amide bonds. The molecule has 2 rings (SSSR count). The summed E-state index contributed by atoms with van der Waals surface area (Å²) >= 11 is 0. The van der Waals surface area contributed by atoms with Gasteiger partial charge in [0.2, 0.25) is 0 Å². The highest BCUT2D eigenvalue weighted by molar-refractivity contribution is 5.34. The molecular weight excluding hydrogens is 174 g/mol. The van der Waals surface area contributed by atoms with E-state index in [0.29, 0.717) is 11.1 Å². The highest BCUT2D eigenvalue weighted by Gasteiger charge is 2.13. The summed E-state index contributed by atoms with van der Waals surface area (Å²) in [6, 6.07) is 3.96. The van der Waals surface area contributed by atoms with Crippen LogP contribution in [0.15, 0.2) is 6.07 Å². The van der Waals surface area contributed by atoms with Crippen LogP contribution in [-0.2, 0) is 19.9 Å². The summed E-state index contributed by atoms with van der Waals surface area (Å²) < 4.78 is 1.85. The van der Waals surface area contributed by atoms with Gasteiger partial charge in [0.25, 0.3) is 0 Å². The Hall–Kier alpha value is -1.56. The van der Waals surface area contributed by atoms with Gasteiger partial charge in [0.1, 0.15) is 11.6 Å². The lowest BCUT2D eigenvalue weighted by molar-refractivity contribution is 0.615. The minimum Gasteiger partial charge on any atom is -0.332 e. The van der Waals surface area contributed by atoms with Crippen LogP contribution in [0.2, 0.25) is 0 Å². The van der Waals surface area contributed by atoms with Crippen molar-refractivity contribution < 1.29 is 0 Å². The van der Waals surface area contributed by atoms with Crippen molar-refractivity contribution in [3.63, 3.8) is 0 Å². The molecule has 0 radical (unpaired) electrons. The second-order valence-corrected chi connectivity index (χ2v) is 3.76. The number of aromatic nitrogens is 1. The number of nitriles is 1. The first-order chi connectivity index (χ1) is 6.74. The number of nitrogens with one attached hydrogen (secondary N) is 1. The van der Waals surface area contributed by atoms with Gasteiger partial charge in [-0.2, -0.15) is 5.26 Å². The zero-order valence-corrected chi connectivity index (χ0v) is 8.30. The second-order valence-electron chi connectivity index (χ2n) is 3.76. The van der Waals surface area contributed by atoms with Gasteiger partial charge in [0.15, 0.2) is 0 Å². The number of pyridine rings is 1. The van der Waals surface area contributed by atoms with E-state index in [4.69, 9.17) is 10.7 Å². The zero-order valence-electron chi connectivity index (χ0n) is 8.30. The Morgan fingerprint density at radius 3 is 2.86 bits per heavy atom. The molecule has 1 aromatic heterocycles. The van der Waals surface area contributed by atoms with E-state index in [0.717, 1.165) is 12.8 Å². The van der Waals surface area contributed by atoms with Crippen molar-refractivity contribution in [1.29, 1.82) is 10.7 Å². The van der Waals surface area contributed by atoms with Gasteiger partial charge in [-0.05, 0) is 37.3 Å². The monoisotopic (exact) mass is 187 g/mol. The molecule has 3 heteroatoms. The van der Waals surface area contributed by atoms with Crippen LogP contribution in [0.4, 0.5) is 0 Å². The van der Waals surface area contributed by atoms with Crippen LogP contribution in [0.5, 0.6) is 0 Å². The lowest BCUT2D eigenvalue weighted by atomic mass is 9.94. The highest BCUT2D eigenvalue weighted by atomic mass is 15.0. The van der Waals surface area contributed by atoms with Gasteiger partial charge in [-0.25, -0.2) is 0 Å². The van der Waals surface area contributed by atoms with Crippen molar-refractivity contribution in [3.8, 4) is 6.07 Å². The Morgan fingerprint density at radius 1 is 1.43 bits per heavy atom. The summed E-state index contributed by atoms with van der Waals surface area (Å²) in [4.78, 5) is 0. The fourth-order valence-electron chi connectivity index (χ4n) is 2.09. The maximum Gasteiger partial charge on any atom is 0.142 e. The van der Waals surface area contributed by atoms with E-state index in [1.807, 2.05) is 17.7 Å². The van der Waals surface area contributed by atoms with Crippen LogP contribution in [0.25, 0.3) is 0 Å². The largest absolute Gasteiger partial charge is 0.332 e. The van der Waals surface area contributed by atoms with Crippen LogP contribution in [-0.4, -0.2) is 4.57 Å². The van der Waals surface area contributed by atoms with Crippen molar-refractivity contribution in [1.82, 2.24) is 4.57 Å². The standard InChI is InChI=1S/C11H13N3/c1-14-10-5-3-2-4-8(10)6-9(7-12)11(14)13/h6,13H,2-5H2,1H3. The third-order valence-corrected chi connectivity index (χ3v) is 2.91. The van der Waals surface area contributed by atoms with E-state index in [-0.39, 0.29) is 0 Å². The first kappa shape index (κ1) is 9.01. The van der Waals surface area contributed by atoms with Crippen molar-refractivity contribution in [2.24, 2.45) is 7.05 Å². The van der Waals surface area contributed by atoms with Crippen LogP contribution in [0.3, 0.4) is 0 Å². The van der Waals surface area contributed by atoms with Gasteiger partial charge in [-0.15, -0.1) is 0 Å². The zero-order chi connectivity index (χ0) is 10.1. The topological polar surface area (TPSA) is 52.6 Å². The van der Waals surface area contributed by atoms with Crippen LogP contribution < -0.4 is 5.49 Å². The van der Waals surface area contributed by atoms with Crippen molar-refractivity contribution in [2.45, 2.75) is 25.7 Å². The molecular formula is C11H13N3. The third kappa shape index (κ3) is 1.24. The Bertz CT molecular complexity index is 463. The van der Waals surface area contributed by atoms with Crippen LogP contribution in [0.1, 0.15) is 29.7 Å². The Morgan fingerprint density at radius 2 is 2.14 bits per heavy atom. The van der Waals surface area contributed by atoms with E-state index in [1.165, 1.54) is 24.1 Å². The van der Waals surface area contributed by atoms with Gasteiger partial charge in [-0.3, -0.25) is 5.41 Å². The first-order valence-corrected chi connectivity index (χ1v) is 4.90. The fourth-order valence-corrected chi connectivity index (χ4v) is 2.09. The quantitative estimate of drug-likeness (QED) is 0.653. The highest BCUT2D eigenvalue weighted by Crippen LogP contribution is 2.19. The fraction of sp³-hybridized carbons (Fsp3) is 0.455. The van der Waals surface area contributed by atoms with E-state index < -0.39 is 0 Å². The van der Waals surface area contributed by atoms with Crippen molar-refractivity contribution in [2.75, 3.05) is 0 Å². The minimum atomic E-state index is 0.341. The molecule has 0 fully saturated rings. The molecule has 1 aromatic rings. The molecule has 0 atom stereocenters. The lowest BCUT2D eigenvalue weighted by Gasteiger charge is -2.19. The Balaban J connectivity index is 2.70. The number of fused-ring (bicyclic) bond motifs is 1. The third-order valence-electron chi connectivity index (χ3n) is 2.91. The summed E-state index contributed by atoms with van der Waals surface area (Å²) in [5.41, 5.74) is 3.33. The molecule has 0 saturated heterocycles. The van der Waals surface area contributed by atoms with E-state index in [2.05, 4.69) is 6.07 Å². The maximum absolute atomic E-state index is 8.86.